The van der Waals surface area contributed by atoms with Gasteiger partial charge in [-0.25, -0.2) is 0 Å². The number of hydrogen-bond acceptors (Lipinski definition) is 3. The molecule has 0 amide bonds. The predicted molar refractivity (Wildman–Crippen MR) is 94.7 cm³/mol. The zero-order valence-electron chi connectivity index (χ0n) is 14.8. The highest BCUT2D eigenvalue weighted by Crippen LogP contribution is 2.42. The highest BCUT2D eigenvalue weighted by Gasteiger charge is 2.34. The number of hydrogen-bond donors (Lipinski definition) is 1. The number of allylic oxidation sites excluding steroid dienone is 2. The van der Waals surface area contributed by atoms with E-state index in [1.165, 1.54) is 29.8 Å². The minimum absolute atomic E-state index is 0.425. The van der Waals surface area contributed by atoms with E-state index >= 15 is 0 Å². The molecule has 0 spiro atoms. The first-order valence-electron chi connectivity index (χ1n) is 9.23. The molecule has 1 atom stereocenters. The monoisotopic (exact) mass is 314 g/mol. The Hall–Kier alpha value is -1.35. The molecule has 1 N–H and O–H groups in total. The van der Waals surface area contributed by atoms with Gasteiger partial charge in [0.1, 0.15) is 0 Å². The molecular formula is C20H30N2O. The lowest BCUT2D eigenvalue weighted by atomic mass is 9.81. The first-order valence-corrected chi connectivity index (χ1v) is 9.23. The molecular weight excluding hydrogens is 284 g/mol. The van der Waals surface area contributed by atoms with Crippen LogP contribution in [0.5, 0.6) is 0 Å². The number of nitrogens with one attached hydrogen (secondary N) is 1. The van der Waals surface area contributed by atoms with E-state index in [0.29, 0.717) is 17.8 Å². The molecule has 3 heteroatoms. The molecule has 2 heterocycles. The van der Waals surface area contributed by atoms with Gasteiger partial charge in [-0.2, -0.15) is 0 Å². The average molecular weight is 314 g/mol. The van der Waals surface area contributed by atoms with Crippen molar-refractivity contribution in [2.75, 3.05) is 19.8 Å². The number of pyridine rings is 1. The van der Waals surface area contributed by atoms with Gasteiger partial charge in [-0.05, 0) is 50.3 Å². The minimum Gasteiger partial charge on any atom is -0.388 e. The van der Waals surface area contributed by atoms with Crippen molar-refractivity contribution in [2.24, 2.45) is 5.92 Å². The molecule has 1 aromatic heterocycles. The molecule has 1 saturated carbocycles. The van der Waals surface area contributed by atoms with Crippen LogP contribution in [-0.4, -0.2) is 24.7 Å². The van der Waals surface area contributed by atoms with Gasteiger partial charge >= 0.3 is 0 Å². The van der Waals surface area contributed by atoms with E-state index in [1.807, 2.05) is 0 Å². The highest BCUT2D eigenvalue weighted by molar-refractivity contribution is 5.34. The molecule has 1 aromatic rings. The molecule has 0 bridgehead atoms. The van der Waals surface area contributed by atoms with E-state index < -0.39 is 0 Å². The van der Waals surface area contributed by atoms with Gasteiger partial charge in [0.25, 0.3) is 0 Å². The normalized spacial score (nSPS) is 20.2. The molecule has 2 aliphatic rings. The van der Waals surface area contributed by atoms with E-state index in [9.17, 15) is 0 Å². The lowest BCUT2D eigenvalue weighted by molar-refractivity contribution is -0.0406. The van der Waals surface area contributed by atoms with Crippen molar-refractivity contribution in [3.63, 3.8) is 0 Å². The number of nitrogens with zero attached hydrogens (tertiary/aromatic N) is 1. The zero-order valence-corrected chi connectivity index (χ0v) is 14.8. The predicted octanol–water partition coefficient (Wildman–Crippen LogP) is 4.29. The summed E-state index contributed by atoms with van der Waals surface area (Å²) in [4.78, 5) is 4.78. The Morgan fingerprint density at radius 3 is 2.70 bits per heavy atom. The topological polar surface area (TPSA) is 34.2 Å². The zero-order chi connectivity index (χ0) is 16.2. The maximum absolute atomic E-state index is 5.52. The van der Waals surface area contributed by atoms with Crippen LogP contribution in [0.3, 0.4) is 0 Å². The van der Waals surface area contributed by atoms with Crippen molar-refractivity contribution in [3.8, 4) is 0 Å². The molecule has 2 fully saturated rings. The number of rotatable bonds is 8. The summed E-state index contributed by atoms with van der Waals surface area (Å²) in [5.74, 6) is 1.72. The van der Waals surface area contributed by atoms with Gasteiger partial charge in [0.05, 0.1) is 13.2 Å². The van der Waals surface area contributed by atoms with Crippen LogP contribution in [0.15, 0.2) is 23.9 Å². The molecule has 0 aromatic carbocycles. The van der Waals surface area contributed by atoms with E-state index in [4.69, 9.17) is 9.72 Å². The largest absolute Gasteiger partial charge is 0.388 e. The minimum atomic E-state index is 0.425. The summed E-state index contributed by atoms with van der Waals surface area (Å²) in [5.41, 5.74) is 5.27. The molecule has 1 aliphatic heterocycles. The van der Waals surface area contributed by atoms with Crippen molar-refractivity contribution >= 4 is 0 Å². The second-order valence-electron chi connectivity index (χ2n) is 7.01. The smallest absolute Gasteiger partial charge is 0.0526 e. The SMILES string of the molecule is CC/C=C(/NCCC)C(c1cc(C)nc(C2CC2)c1)C1COC1. The molecule has 1 saturated heterocycles. The molecule has 3 rings (SSSR count). The summed E-state index contributed by atoms with van der Waals surface area (Å²) in [6.45, 7) is 9.36. The summed E-state index contributed by atoms with van der Waals surface area (Å²) in [5, 5.41) is 3.69. The van der Waals surface area contributed by atoms with Gasteiger partial charge in [-0.15, -0.1) is 0 Å². The molecule has 1 aliphatic carbocycles. The van der Waals surface area contributed by atoms with E-state index in [-0.39, 0.29) is 0 Å². The van der Waals surface area contributed by atoms with Crippen LogP contribution in [-0.2, 0) is 4.74 Å². The Morgan fingerprint density at radius 2 is 2.13 bits per heavy atom. The van der Waals surface area contributed by atoms with E-state index in [1.54, 1.807) is 0 Å². The van der Waals surface area contributed by atoms with Gasteiger partial charge in [-0.3, -0.25) is 4.98 Å². The molecule has 126 valence electrons. The number of aromatic nitrogens is 1. The molecule has 3 nitrogen and oxygen atoms in total. The summed E-state index contributed by atoms with van der Waals surface area (Å²) < 4.78 is 5.52. The average Bonchev–Trinajstić information content (AvgIpc) is 3.31. The van der Waals surface area contributed by atoms with E-state index in [2.05, 4.69) is 44.3 Å². The fraction of sp³-hybridized carbons (Fsp3) is 0.650. The molecule has 1 unspecified atom stereocenters. The third kappa shape index (κ3) is 3.95. The highest BCUT2D eigenvalue weighted by atomic mass is 16.5. The maximum atomic E-state index is 5.52. The Kier molecular flexibility index (Phi) is 5.37. The van der Waals surface area contributed by atoms with Crippen LogP contribution in [0.25, 0.3) is 0 Å². The summed E-state index contributed by atoms with van der Waals surface area (Å²) in [6.07, 6.45) is 7.19. The van der Waals surface area contributed by atoms with Crippen LogP contribution in [0.1, 0.15) is 68.3 Å². The van der Waals surface area contributed by atoms with Crippen molar-refractivity contribution in [1.82, 2.24) is 10.3 Å². The Balaban J connectivity index is 1.92. The Morgan fingerprint density at radius 1 is 1.35 bits per heavy atom. The fourth-order valence-electron chi connectivity index (χ4n) is 3.44. The van der Waals surface area contributed by atoms with Crippen LogP contribution in [0.4, 0.5) is 0 Å². The first kappa shape index (κ1) is 16.5. The van der Waals surface area contributed by atoms with Crippen LogP contribution in [0, 0.1) is 12.8 Å². The molecule has 23 heavy (non-hydrogen) atoms. The quantitative estimate of drug-likeness (QED) is 0.777. The van der Waals surface area contributed by atoms with Crippen molar-refractivity contribution in [2.45, 2.75) is 58.3 Å². The van der Waals surface area contributed by atoms with Gasteiger partial charge in [0.15, 0.2) is 0 Å². The lowest BCUT2D eigenvalue weighted by Gasteiger charge is -2.36. The van der Waals surface area contributed by atoms with Crippen LogP contribution < -0.4 is 5.32 Å². The van der Waals surface area contributed by atoms with Gasteiger partial charge in [-0.1, -0.05) is 19.9 Å². The van der Waals surface area contributed by atoms with Gasteiger partial charge in [0.2, 0.25) is 0 Å². The molecule has 0 radical (unpaired) electrons. The second kappa shape index (κ2) is 7.48. The second-order valence-corrected chi connectivity index (χ2v) is 7.01. The van der Waals surface area contributed by atoms with Crippen LogP contribution >= 0.6 is 0 Å². The van der Waals surface area contributed by atoms with E-state index in [0.717, 1.165) is 38.3 Å². The standard InChI is InChI=1S/C20H30N2O/c1-4-6-18(21-9-5-2)20(17-12-23-13-17)16-10-14(3)22-19(11-16)15-7-8-15/h6,10-11,15,17,20-21H,4-5,7-9,12-13H2,1-3H3/b18-6+. The van der Waals surface area contributed by atoms with Gasteiger partial charge < -0.3 is 10.1 Å². The third-order valence-electron chi connectivity index (χ3n) is 4.82. The maximum Gasteiger partial charge on any atom is 0.0526 e. The van der Waals surface area contributed by atoms with Crippen molar-refractivity contribution in [1.29, 1.82) is 0 Å². The van der Waals surface area contributed by atoms with Gasteiger partial charge in [0, 0.05) is 41.4 Å². The summed E-state index contributed by atoms with van der Waals surface area (Å²) >= 11 is 0. The third-order valence-corrected chi connectivity index (χ3v) is 4.82. The summed E-state index contributed by atoms with van der Waals surface area (Å²) in [7, 11) is 0. The lowest BCUT2D eigenvalue weighted by Crippen LogP contribution is -2.37. The summed E-state index contributed by atoms with van der Waals surface area (Å²) in [6, 6.07) is 4.65. The first-order chi connectivity index (χ1) is 11.2. The fourth-order valence-corrected chi connectivity index (χ4v) is 3.44. The Labute approximate surface area is 140 Å². The number of aryl methyl sites for hydroxylation is 1. The van der Waals surface area contributed by atoms with Crippen LogP contribution in [0.2, 0.25) is 0 Å². The number of ether oxygens (including phenoxy) is 1. The van der Waals surface area contributed by atoms with Crippen molar-refractivity contribution < 1.29 is 4.74 Å². The van der Waals surface area contributed by atoms with Crippen molar-refractivity contribution in [3.05, 3.63) is 40.9 Å². The Bertz CT molecular complexity index is 559.